The van der Waals surface area contributed by atoms with Crippen LogP contribution in [0, 0.1) is 11.6 Å². The molecule has 98 valence electrons. The molecule has 19 heavy (non-hydrogen) atoms. The van der Waals surface area contributed by atoms with E-state index in [-0.39, 0.29) is 16.1 Å². The number of nitrogens with zero attached hydrogens (tertiary/aromatic N) is 1. The SMILES string of the molecule is NC(=O)c1cc(Sc2ccc(F)cc2F)ncc1N. The third-order valence-corrected chi connectivity index (χ3v) is 3.27. The fourth-order valence-electron chi connectivity index (χ4n) is 1.39. The molecule has 0 radical (unpaired) electrons. The summed E-state index contributed by atoms with van der Waals surface area (Å²) in [5.41, 5.74) is 10.9. The normalized spacial score (nSPS) is 10.4. The Labute approximate surface area is 111 Å². The Bertz CT molecular complexity index is 649. The van der Waals surface area contributed by atoms with Gasteiger partial charge in [0.15, 0.2) is 0 Å². The van der Waals surface area contributed by atoms with Gasteiger partial charge < -0.3 is 11.5 Å². The van der Waals surface area contributed by atoms with Crippen LogP contribution in [0.25, 0.3) is 0 Å². The summed E-state index contributed by atoms with van der Waals surface area (Å²) < 4.78 is 26.2. The zero-order valence-electron chi connectivity index (χ0n) is 9.56. The van der Waals surface area contributed by atoms with E-state index < -0.39 is 17.5 Å². The average Bonchev–Trinajstić information content (AvgIpc) is 2.34. The minimum atomic E-state index is -0.704. The number of nitrogens with two attached hydrogens (primary N) is 2. The molecule has 2 aromatic rings. The van der Waals surface area contributed by atoms with Crippen LogP contribution in [0.1, 0.15) is 10.4 Å². The highest BCUT2D eigenvalue weighted by Gasteiger charge is 2.11. The number of aromatic nitrogens is 1. The van der Waals surface area contributed by atoms with Crippen LogP contribution in [0.4, 0.5) is 14.5 Å². The molecule has 0 aliphatic rings. The number of primary amides is 1. The van der Waals surface area contributed by atoms with Gasteiger partial charge in [0.2, 0.25) is 0 Å². The number of benzene rings is 1. The summed E-state index contributed by atoms with van der Waals surface area (Å²) in [4.78, 5) is 15.3. The smallest absolute Gasteiger partial charge is 0.250 e. The Morgan fingerprint density at radius 1 is 1.26 bits per heavy atom. The molecule has 7 heteroatoms. The first kappa shape index (κ1) is 13.3. The molecule has 4 N–H and O–H groups in total. The molecule has 0 bridgehead atoms. The van der Waals surface area contributed by atoms with Crippen molar-refractivity contribution in [2.75, 3.05) is 5.73 Å². The lowest BCUT2D eigenvalue weighted by Gasteiger charge is -2.05. The Kier molecular flexibility index (Phi) is 3.66. The van der Waals surface area contributed by atoms with Gasteiger partial charge in [-0.05, 0) is 18.2 Å². The van der Waals surface area contributed by atoms with E-state index in [0.717, 1.165) is 23.9 Å². The zero-order valence-corrected chi connectivity index (χ0v) is 10.4. The number of carbonyl (C=O) groups is 1. The molecule has 1 heterocycles. The summed E-state index contributed by atoms with van der Waals surface area (Å²) >= 11 is 0.947. The van der Waals surface area contributed by atoms with Crippen LogP contribution < -0.4 is 11.5 Å². The van der Waals surface area contributed by atoms with E-state index in [2.05, 4.69) is 4.98 Å². The first-order valence-corrected chi connectivity index (χ1v) is 5.97. The molecule has 0 saturated carbocycles. The summed E-state index contributed by atoms with van der Waals surface area (Å²) in [6.45, 7) is 0. The Balaban J connectivity index is 2.33. The van der Waals surface area contributed by atoms with Crippen molar-refractivity contribution >= 4 is 23.4 Å². The predicted octanol–water partition coefficient (Wildman–Crippen LogP) is 2.19. The lowest BCUT2D eigenvalue weighted by molar-refractivity contribution is 0.100. The van der Waals surface area contributed by atoms with Gasteiger partial charge in [-0.1, -0.05) is 11.8 Å². The molecule has 0 spiro atoms. The van der Waals surface area contributed by atoms with Gasteiger partial charge in [0.05, 0.1) is 17.4 Å². The molecule has 0 fully saturated rings. The lowest BCUT2D eigenvalue weighted by atomic mass is 10.2. The first-order chi connectivity index (χ1) is 8.97. The topological polar surface area (TPSA) is 82.0 Å². The summed E-state index contributed by atoms with van der Waals surface area (Å²) in [6, 6.07) is 4.56. The minimum absolute atomic E-state index is 0.111. The zero-order chi connectivity index (χ0) is 14.0. The first-order valence-electron chi connectivity index (χ1n) is 5.15. The number of amides is 1. The van der Waals surface area contributed by atoms with Gasteiger partial charge in [-0.15, -0.1) is 0 Å². The van der Waals surface area contributed by atoms with Gasteiger partial charge in [0, 0.05) is 11.0 Å². The molecular formula is C12H9F2N3OS. The third-order valence-electron chi connectivity index (χ3n) is 2.28. The summed E-state index contributed by atoms with van der Waals surface area (Å²) in [5, 5.41) is 0.341. The molecule has 1 aromatic heterocycles. The quantitative estimate of drug-likeness (QED) is 0.903. The molecule has 1 amide bonds. The highest BCUT2D eigenvalue weighted by atomic mass is 32.2. The lowest BCUT2D eigenvalue weighted by Crippen LogP contribution is -2.13. The standard InChI is InChI=1S/C12H9F2N3OS/c13-6-1-2-10(8(14)3-6)19-11-4-7(12(16)18)9(15)5-17-11/h1-5H,15H2,(H2,16,18). The fourth-order valence-corrected chi connectivity index (χ4v) is 2.19. The number of carbonyl (C=O) groups excluding carboxylic acids is 1. The Hall–Kier alpha value is -2.15. The summed E-state index contributed by atoms with van der Waals surface area (Å²) in [7, 11) is 0. The van der Waals surface area contributed by atoms with E-state index in [1.54, 1.807) is 0 Å². The van der Waals surface area contributed by atoms with Crippen molar-refractivity contribution in [2.45, 2.75) is 9.92 Å². The number of anilines is 1. The van der Waals surface area contributed by atoms with Gasteiger partial charge in [0.1, 0.15) is 16.7 Å². The van der Waals surface area contributed by atoms with Crippen LogP contribution >= 0.6 is 11.8 Å². The second-order valence-corrected chi connectivity index (χ2v) is 4.71. The number of nitrogen functional groups attached to an aromatic ring is 1. The van der Waals surface area contributed by atoms with Gasteiger partial charge in [-0.2, -0.15) is 0 Å². The van der Waals surface area contributed by atoms with Gasteiger partial charge in [-0.25, -0.2) is 13.8 Å². The van der Waals surface area contributed by atoms with Crippen LogP contribution in [0.15, 0.2) is 40.4 Å². The van der Waals surface area contributed by atoms with Crippen molar-refractivity contribution in [3.8, 4) is 0 Å². The van der Waals surface area contributed by atoms with Gasteiger partial charge >= 0.3 is 0 Å². The van der Waals surface area contributed by atoms with Crippen LogP contribution in [-0.4, -0.2) is 10.9 Å². The Morgan fingerprint density at radius 3 is 2.63 bits per heavy atom. The number of hydrogen-bond donors (Lipinski definition) is 2. The van der Waals surface area contributed by atoms with Crippen molar-refractivity contribution in [3.05, 3.63) is 47.7 Å². The van der Waals surface area contributed by atoms with Crippen molar-refractivity contribution in [3.63, 3.8) is 0 Å². The number of pyridine rings is 1. The van der Waals surface area contributed by atoms with Crippen molar-refractivity contribution < 1.29 is 13.6 Å². The summed E-state index contributed by atoms with van der Waals surface area (Å²) in [5.74, 6) is -2.06. The van der Waals surface area contributed by atoms with E-state index in [9.17, 15) is 13.6 Å². The minimum Gasteiger partial charge on any atom is -0.397 e. The van der Waals surface area contributed by atoms with Crippen LogP contribution in [0.3, 0.4) is 0 Å². The number of hydrogen-bond acceptors (Lipinski definition) is 4. The number of rotatable bonds is 3. The summed E-state index contributed by atoms with van der Waals surface area (Å²) in [6.07, 6.45) is 1.27. The van der Waals surface area contributed by atoms with Crippen LogP contribution in [-0.2, 0) is 0 Å². The highest BCUT2D eigenvalue weighted by Crippen LogP contribution is 2.30. The maximum atomic E-state index is 13.5. The molecule has 0 aliphatic heterocycles. The van der Waals surface area contributed by atoms with E-state index in [0.29, 0.717) is 5.03 Å². The monoisotopic (exact) mass is 281 g/mol. The molecule has 4 nitrogen and oxygen atoms in total. The van der Waals surface area contributed by atoms with E-state index in [4.69, 9.17) is 11.5 Å². The largest absolute Gasteiger partial charge is 0.397 e. The van der Waals surface area contributed by atoms with Crippen molar-refractivity contribution in [1.82, 2.24) is 4.98 Å². The molecule has 0 unspecified atom stereocenters. The molecule has 2 rings (SSSR count). The van der Waals surface area contributed by atoms with Gasteiger partial charge in [-0.3, -0.25) is 4.79 Å². The van der Waals surface area contributed by atoms with E-state index in [1.165, 1.54) is 18.3 Å². The number of halogens is 2. The second-order valence-electron chi connectivity index (χ2n) is 3.65. The van der Waals surface area contributed by atoms with Crippen LogP contribution in [0.2, 0.25) is 0 Å². The van der Waals surface area contributed by atoms with E-state index in [1.807, 2.05) is 0 Å². The van der Waals surface area contributed by atoms with Gasteiger partial charge in [0.25, 0.3) is 5.91 Å². The van der Waals surface area contributed by atoms with Crippen molar-refractivity contribution in [1.29, 1.82) is 0 Å². The second kappa shape index (κ2) is 5.23. The Morgan fingerprint density at radius 2 is 2.00 bits per heavy atom. The fraction of sp³-hybridized carbons (Fsp3) is 0. The maximum absolute atomic E-state index is 13.5. The molecular weight excluding hydrogens is 272 g/mol. The molecule has 0 atom stereocenters. The average molecular weight is 281 g/mol. The third kappa shape index (κ3) is 3.00. The molecule has 0 saturated heterocycles. The van der Waals surface area contributed by atoms with Crippen LogP contribution in [0.5, 0.6) is 0 Å². The molecule has 1 aromatic carbocycles. The van der Waals surface area contributed by atoms with E-state index >= 15 is 0 Å². The maximum Gasteiger partial charge on any atom is 0.250 e. The molecule has 0 aliphatic carbocycles. The highest BCUT2D eigenvalue weighted by molar-refractivity contribution is 7.99. The van der Waals surface area contributed by atoms with Crippen molar-refractivity contribution in [2.24, 2.45) is 5.73 Å². The predicted molar refractivity (Wildman–Crippen MR) is 67.6 cm³/mol.